The molecule has 0 rings (SSSR count). The number of hydrogen-bond donors (Lipinski definition) is 1. The van der Waals surface area contributed by atoms with Gasteiger partial charge in [-0.3, -0.25) is 9.35 Å². The molecule has 9 heteroatoms. The van der Waals surface area contributed by atoms with E-state index in [0.29, 0.717) is 0 Å². The average Bonchev–Trinajstić information content (AvgIpc) is 1.81. The van der Waals surface area contributed by atoms with Gasteiger partial charge in [0.05, 0.1) is 0 Å². The third kappa shape index (κ3) is 9.24. The van der Waals surface area contributed by atoms with Crippen molar-refractivity contribution < 1.29 is 35.6 Å². The molecule has 0 saturated carbocycles. The van der Waals surface area contributed by atoms with Crippen molar-refractivity contribution in [2.24, 2.45) is 0 Å². The lowest BCUT2D eigenvalue weighted by Gasteiger charge is -2.05. The third-order valence-corrected chi connectivity index (χ3v) is 1.01. The van der Waals surface area contributed by atoms with Crippen LogP contribution in [-0.4, -0.2) is 27.7 Å². The first-order valence-electron chi connectivity index (χ1n) is 2.78. The van der Waals surface area contributed by atoms with Gasteiger partial charge in [-0.15, -0.1) is 0 Å². The van der Waals surface area contributed by atoms with Crippen LogP contribution in [0.25, 0.3) is 0 Å². The molecule has 78 valence electrons. The molecule has 1 unspecified atom stereocenters. The zero-order chi connectivity index (χ0) is 10.5. The fourth-order valence-electron chi connectivity index (χ4n) is 0.346. The van der Waals surface area contributed by atoms with E-state index in [0.717, 1.165) is 0 Å². The second kappa shape index (κ2) is 5.14. The highest BCUT2D eigenvalue weighted by Crippen LogP contribution is 2.19. The Morgan fingerprint density at radius 2 is 2.00 bits per heavy atom. The van der Waals surface area contributed by atoms with E-state index in [1.165, 1.54) is 0 Å². The lowest BCUT2D eigenvalue weighted by Crippen LogP contribution is -2.18. The molecule has 5 nitrogen and oxygen atoms in total. The van der Waals surface area contributed by atoms with Gasteiger partial charge in [-0.25, -0.2) is 4.18 Å². The van der Waals surface area contributed by atoms with Gasteiger partial charge in [0.1, 0.15) is 6.42 Å². The highest BCUT2D eigenvalue weighted by Gasteiger charge is 2.32. The Hall–Kier alpha value is -0.670. The molecule has 0 amide bonds. The highest BCUT2D eigenvalue weighted by molar-refractivity contribution is 7.74. The number of carbonyl (C=O) groups excluding carboxylic acids is 1. The number of alkyl halides is 3. The van der Waals surface area contributed by atoms with Crippen LogP contribution in [0.5, 0.6) is 0 Å². The summed E-state index contributed by atoms with van der Waals surface area (Å²) >= 11 is -2.66. The molecule has 0 radical (unpaired) electrons. The minimum atomic E-state index is -4.66. The Kier molecular flexibility index (Phi) is 4.88. The van der Waals surface area contributed by atoms with Gasteiger partial charge in [-0.1, -0.05) is 0 Å². The number of ether oxygens (including phenoxy) is 1. The van der Waals surface area contributed by atoms with Crippen molar-refractivity contribution >= 4 is 17.3 Å². The molecule has 13 heavy (non-hydrogen) atoms. The van der Waals surface area contributed by atoms with Crippen molar-refractivity contribution in [3.8, 4) is 0 Å². The first-order valence-corrected chi connectivity index (χ1v) is 3.81. The quantitative estimate of drug-likeness (QED) is 0.428. The predicted octanol–water partition coefficient (Wildman–Crippen LogP) is 0.593. The molecule has 0 aromatic rings. The van der Waals surface area contributed by atoms with Crippen LogP contribution in [-0.2, 0) is 25.1 Å². The summed E-state index contributed by atoms with van der Waals surface area (Å²) in [6.45, 7) is -0.988. The number of hydrogen-bond acceptors (Lipinski definition) is 4. The zero-order valence-corrected chi connectivity index (χ0v) is 6.85. The molecule has 0 heterocycles. The van der Waals surface area contributed by atoms with Crippen LogP contribution in [0.3, 0.4) is 0 Å². The first kappa shape index (κ1) is 12.3. The maximum absolute atomic E-state index is 11.4. The number of carbonyl (C=O) groups is 1. The molecule has 0 fully saturated rings. The van der Waals surface area contributed by atoms with E-state index < -0.39 is 36.7 Å². The fraction of sp³-hybridized carbons (Fsp3) is 0.750. The van der Waals surface area contributed by atoms with E-state index in [1.807, 2.05) is 0 Å². The van der Waals surface area contributed by atoms with Crippen molar-refractivity contribution in [2.45, 2.75) is 12.6 Å². The topological polar surface area (TPSA) is 72.8 Å². The summed E-state index contributed by atoms with van der Waals surface area (Å²) in [4.78, 5) is 10.2. The van der Waals surface area contributed by atoms with Crippen molar-refractivity contribution in [1.82, 2.24) is 0 Å². The van der Waals surface area contributed by atoms with Gasteiger partial charge in [0, 0.05) is 0 Å². The van der Waals surface area contributed by atoms with Gasteiger partial charge >= 0.3 is 23.5 Å². The van der Waals surface area contributed by atoms with Crippen molar-refractivity contribution in [3.05, 3.63) is 0 Å². The Bertz CT molecular complexity index is 202. The second-order valence-corrected chi connectivity index (χ2v) is 2.43. The van der Waals surface area contributed by atoms with Gasteiger partial charge in [-0.2, -0.15) is 17.4 Å². The zero-order valence-electron chi connectivity index (χ0n) is 6.04. The van der Waals surface area contributed by atoms with Crippen molar-refractivity contribution in [3.63, 3.8) is 0 Å². The van der Waals surface area contributed by atoms with Gasteiger partial charge < -0.3 is 4.74 Å². The lowest BCUT2D eigenvalue weighted by molar-refractivity contribution is -0.175. The lowest BCUT2D eigenvalue weighted by atomic mass is 10.4. The molecule has 0 bridgehead atoms. The molecule has 0 aromatic carbocycles. The number of halogens is 3. The molecule has 1 atom stereocenters. The summed E-state index contributed by atoms with van der Waals surface area (Å²) in [5.74, 6) is -1.57. The highest BCUT2D eigenvalue weighted by atomic mass is 32.2. The largest absolute Gasteiger partial charge is 0.437 e. The van der Waals surface area contributed by atoms with Gasteiger partial charge in [0.2, 0.25) is 6.79 Å². The number of esters is 1. The monoisotopic (exact) mass is 222 g/mol. The summed E-state index contributed by atoms with van der Waals surface area (Å²) in [7, 11) is 0. The molecular formula is C4H5F3O5S. The molecule has 0 aromatic heterocycles. The van der Waals surface area contributed by atoms with Crippen LogP contribution < -0.4 is 0 Å². The third-order valence-electron chi connectivity index (χ3n) is 0.714. The summed E-state index contributed by atoms with van der Waals surface area (Å²) in [6.07, 6.45) is -6.41. The molecule has 1 N–H and O–H groups in total. The molecule has 0 saturated heterocycles. The van der Waals surface area contributed by atoms with E-state index in [4.69, 9.17) is 4.55 Å². The predicted molar refractivity (Wildman–Crippen MR) is 33.5 cm³/mol. The standard InChI is InChI=1S/C4H5F3O5S/c5-4(6,7)1-3(8)11-2-12-13(9)10/h1-2H2,(H,9,10). The van der Waals surface area contributed by atoms with E-state index in [1.54, 1.807) is 0 Å². The fourth-order valence-corrected chi connectivity index (χ4v) is 0.476. The Morgan fingerprint density at radius 3 is 2.38 bits per heavy atom. The smallest absolute Gasteiger partial charge is 0.399 e. The van der Waals surface area contributed by atoms with Gasteiger partial charge in [0.15, 0.2) is 0 Å². The Labute approximate surface area is 73.3 Å². The van der Waals surface area contributed by atoms with E-state index in [2.05, 4.69) is 8.92 Å². The maximum atomic E-state index is 11.4. The van der Waals surface area contributed by atoms with Crippen LogP contribution in [0.1, 0.15) is 6.42 Å². The average molecular weight is 222 g/mol. The summed E-state index contributed by atoms with van der Waals surface area (Å²) in [6, 6.07) is 0. The minimum Gasteiger partial charge on any atom is -0.437 e. The molecule has 0 aliphatic rings. The maximum Gasteiger partial charge on any atom is 0.399 e. The second-order valence-electron chi connectivity index (χ2n) is 1.76. The molecule has 0 aliphatic carbocycles. The van der Waals surface area contributed by atoms with Crippen molar-refractivity contribution in [2.75, 3.05) is 6.79 Å². The Balaban J connectivity index is 3.59. The normalized spacial score (nSPS) is 13.8. The summed E-state index contributed by atoms with van der Waals surface area (Å²) in [5.41, 5.74) is 0. The SMILES string of the molecule is O=C(CC(F)(F)F)OCOS(=O)O. The number of rotatable bonds is 4. The van der Waals surface area contributed by atoms with Crippen LogP contribution >= 0.6 is 0 Å². The Morgan fingerprint density at radius 1 is 1.46 bits per heavy atom. The van der Waals surface area contributed by atoms with Gasteiger partial charge in [0.25, 0.3) is 0 Å². The van der Waals surface area contributed by atoms with Crippen molar-refractivity contribution in [1.29, 1.82) is 0 Å². The first-order chi connectivity index (χ1) is 5.81. The molecule has 0 spiro atoms. The summed E-state index contributed by atoms with van der Waals surface area (Å²) < 4.78 is 59.5. The molecule has 0 aliphatic heterocycles. The minimum absolute atomic E-state index is 0.988. The van der Waals surface area contributed by atoms with Gasteiger partial charge in [-0.05, 0) is 0 Å². The summed E-state index contributed by atoms with van der Waals surface area (Å²) in [5, 5.41) is 0. The van der Waals surface area contributed by atoms with E-state index in [-0.39, 0.29) is 0 Å². The van der Waals surface area contributed by atoms with Crippen LogP contribution in [0.2, 0.25) is 0 Å². The van der Waals surface area contributed by atoms with Crippen LogP contribution in [0.15, 0.2) is 0 Å². The van der Waals surface area contributed by atoms with Crippen LogP contribution in [0, 0.1) is 0 Å². The molecular weight excluding hydrogens is 217 g/mol. The van der Waals surface area contributed by atoms with E-state index in [9.17, 15) is 22.2 Å². The van der Waals surface area contributed by atoms with Crippen LogP contribution in [0.4, 0.5) is 13.2 Å². The van der Waals surface area contributed by atoms with E-state index >= 15 is 0 Å².